The first-order chi connectivity index (χ1) is 10.2. The molecule has 0 aromatic heterocycles. The van der Waals surface area contributed by atoms with Gasteiger partial charge in [0.2, 0.25) is 5.91 Å². The lowest BCUT2D eigenvalue weighted by atomic mass is 10.5. The van der Waals surface area contributed by atoms with Gasteiger partial charge in [-0.25, -0.2) is 0 Å². The van der Waals surface area contributed by atoms with E-state index in [-0.39, 0.29) is 18.0 Å². The highest BCUT2D eigenvalue weighted by molar-refractivity contribution is 8.76. The van der Waals surface area contributed by atoms with E-state index in [0.717, 1.165) is 18.8 Å². The monoisotopic (exact) mass is 334 g/mol. The number of rotatable bonds is 13. The van der Waals surface area contributed by atoms with Crippen LogP contribution in [0.3, 0.4) is 0 Å². The number of amides is 1. The molecule has 0 fully saturated rings. The third-order valence-electron chi connectivity index (χ3n) is 2.18. The number of hydrogen-bond donors (Lipinski definition) is 2. The number of nitrogens with one attached hydrogen (secondary N) is 2. The Labute approximate surface area is 136 Å². The molecule has 1 atom stereocenters. The first kappa shape index (κ1) is 20.6. The summed E-state index contributed by atoms with van der Waals surface area (Å²) in [6.45, 7) is 9.19. The quantitative estimate of drug-likeness (QED) is 0.230. The molecular weight excluding hydrogens is 308 g/mol. The van der Waals surface area contributed by atoms with Crippen LogP contribution in [-0.2, 0) is 14.3 Å². The normalized spacial score (nSPS) is 11.6. The van der Waals surface area contributed by atoms with Crippen molar-refractivity contribution in [1.29, 1.82) is 0 Å². The van der Waals surface area contributed by atoms with E-state index in [0.29, 0.717) is 19.8 Å². The smallest absolute Gasteiger partial charge is 0.246 e. The second-order valence-electron chi connectivity index (χ2n) is 3.97. The van der Waals surface area contributed by atoms with E-state index in [2.05, 4.69) is 29.4 Å². The lowest BCUT2D eigenvalue weighted by Gasteiger charge is -2.12. The van der Waals surface area contributed by atoms with Crippen molar-refractivity contribution in [2.24, 2.45) is 0 Å². The zero-order chi connectivity index (χ0) is 15.8. The summed E-state index contributed by atoms with van der Waals surface area (Å²) in [6.07, 6.45) is 0. The van der Waals surface area contributed by atoms with E-state index < -0.39 is 0 Å². The van der Waals surface area contributed by atoms with Gasteiger partial charge in [-0.15, -0.1) is 5.92 Å². The summed E-state index contributed by atoms with van der Waals surface area (Å²) < 4.78 is 10.8. The molecule has 5 nitrogen and oxygen atoms in total. The van der Waals surface area contributed by atoms with Gasteiger partial charge < -0.3 is 20.1 Å². The van der Waals surface area contributed by atoms with E-state index in [9.17, 15) is 4.79 Å². The van der Waals surface area contributed by atoms with Crippen LogP contribution >= 0.6 is 21.6 Å². The van der Waals surface area contributed by atoms with E-state index in [1.54, 1.807) is 28.5 Å². The van der Waals surface area contributed by atoms with Gasteiger partial charge in [-0.2, -0.15) is 0 Å². The maximum atomic E-state index is 11.3. The lowest BCUT2D eigenvalue weighted by molar-refractivity contribution is -0.126. The van der Waals surface area contributed by atoms with Gasteiger partial charge >= 0.3 is 0 Å². The summed E-state index contributed by atoms with van der Waals surface area (Å²) in [5, 5.41) is 5.91. The largest absolute Gasteiger partial charge is 0.369 e. The molecule has 1 amide bonds. The number of ether oxygens (including phenoxy) is 2. The summed E-state index contributed by atoms with van der Waals surface area (Å²) in [5.41, 5.74) is 0.119. The molecule has 0 saturated carbocycles. The van der Waals surface area contributed by atoms with Crippen molar-refractivity contribution in [3.63, 3.8) is 0 Å². The second-order valence-corrected chi connectivity index (χ2v) is 6.75. The second kappa shape index (κ2) is 16.0. The topological polar surface area (TPSA) is 59.6 Å². The SMILES string of the molecule is CC#CCNC(=O)COCCOC(C)SSCCNCC. The molecule has 0 bridgehead atoms. The van der Waals surface area contributed by atoms with Crippen molar-refractivity contribution in [3.05, 3.63) is 0 Å². The van der Waals surface area contributed by atoms with E-state index in [4.69, 9.17) is 9.47 Å². The Morgan fingerprint density at radius 3 is 2.90 bits per heavy atom. The van der Waals surface area contributed by atoms with Gasteiger partial charge in [0.1, 0.15) is 12.0 Å². The Balaban J connectivity index is 3.32. The van der Waals surface area contributed by atoms with Crippen molar-refractivity contribution in [2.45, 2.75) is 26.2 Å². The summed E-state index contributed by atoms with van der Waals surface area (Å²) in [4.78, 5) is 11.3. The van der Waals surface area contributed by atoms with Gasteiger partial charge in [-0.1, -0.05) is 34.4 Å². The fourth-order valence-corrected chi connectivity index (χ4v) is 3.13. The van der Waals surface area contributed by atoms with Crippen LogP contribution < -0.4 is 10.6 Å². The highest BCUT2D eigenvalue weighted by atomic mass is 33.1. The van der Waals surface area contributed by atoms with Crippen molar-refractivity contribution in [2.75, 3.05) is 45.2 Å². The molecule has 0 aliphatic heterocycles. The predicted octanol–water partition coefficient (Wildman–Crippen LogP) is 1.50. The highest BCUT2D eigenvalue weighted by Crippen LogP contribution is 2.26. The van der Waals surface area contributed by atoms with Crippen LogP contribution in [0.5, 0.6) is 0 Å². The lowest BCUT2D eigenvalue weighted by Crippen LogP contribution is -2.28. The zero-order valence-electron chi connectivity index (χ0n) is 13.1. The third kappa shape index (κ3) is 15.8. The molecule has 0 aromatic carbocycles. The number of carbonyl (C=O) groups is 1. The molecule has 122 valence electrons. The minimum atomic E-state index is -0.154. The maximum Gasteiger partial charge on any atom is 0.246 e. The van der Waals surface area contributed by atoms with Gasteiger partial charge in [0, 0.05) is 12.3 Å². The molecule has 0 spiro atoms. The van der Waals surface area contributed by atoms with E-state index >= 15 is 0 Å². The van der Waals surface area contributed by atoms with Crippen LogP contribution in [-0.4, -0.2) is 56.6 Å². The fourth-order valence-electron chi connectivity index (χ4n) is 1.18. The van der Waals surface area contributed by atoms with E-state index in [1.807, 2.05) is 6.92 Å². The first-order valence-corrected chi connectivity index (χ1v) is 9.43. The molecule has 0 aliphatic rings. The van der Waals surface area contributed by atoms with Crippen LogP contribution in [0.25, 0.3) is 0 Å². The van der Waals surface area contributed by atoms with Crippen molar-refractivity contribution in [3.8, 4) is 11.8 Å². The standard InChI is InChI=1S/C14H26N2O3S2/c1-4-6-7-16-14(17)12-18-9-10-19-13(3)21-20-11-8-15-5-2/h13,15H,5,7-12H2,1-3H3,(H,16,17). The fraction of sp³-hybridized carbons (Fsp3) is 0.786. The summed E-state index contributed by atoms with van der Waals surface area (Å²) in [7, 11) is 3.50. The molecule has 0 saturated heterocycles. The molecule has 1 unspecified atom stereocenters. The average molecular weight is 335 g/mol. The van der Waals surface area contributed by atoms with E-state index in [1.165, 1.54) is 0 Å². The minimum Gasteiger partial charge on any atom is -0.369 e. The van der Waals surface area contributed by atoms with Crippen LogP contribution in [0.4, 0.5) is 0 Å². The molecule has 0 rings (SSSR count). The first-order valence-electron chi connectivity index (χ1n) is 7.05. The van der Waals surface area contributed by atoms with Crippen LogP contribution in [0.2, 0.25) is 0 Å². The zero-order valence-corrected chi connectivity index (χ0v) is 14.7. The van der Waals surface area contributed by atoms with Crippen molar-refractivity contribution >= 4 is 27.5 Å². The molecule has 0 aromatic rings. The van der Waals surface area contributed by atoms with Crippen LogP contribution in [0.15, 0.2) is 0 Å². The Kier molecular flexibility index (Phi) is 15.7. The molecule has 0 heterocycles. The van der Waals surface area contributed by atoms with Gasteiger partial charge in [-0.05, 0) is 20.4 Å². The molecule has 0 aliphatic carbocycles. The molecule has 21 heavy (non-hydrogen) atoms. The Hall–Kier alpha value is -0.390. The summed E-state index contributed by atoms with van der Waals surface area (Å²) in [6, 6.07) is 0. The Morgan fingerprint density at radius 1 is 1.38 bits per heavy atom. The van der Waals surface area contributed by atoms with Crippen molar-refractivity contribution in [1.82, 2.24) is 10.6 Å². The van der Waals surface area contributed by atoms with Gasteiger partial charge in [-0.3, -0.25) is 4.79 Å². The number of hydrogen-bond acceptors (Lipinski definition) is 6. The molecular formula is C14H26N2O3S2. The highest BCUT2D eigenvalue weighted by Gasteiger charge is 2.04. The van der Waals surface area contributed by atoms with Gasteiger partial charge in [0.25, 0.3) is 0 Å². The molecule has 7 heteroatoms. The predicted molar refractivity (Wildman–Crippen MR) is 91.3 cm³/mol. The van der Waals surface area contributed by atoms with Crippen LogP contribution in [0, 0.1) is 11.8 Å². The van der Waals surface area contributed by atoms with Gasteiger partial charge in [0.05, 0.1) is 19.8 Å². The summed E-state index contributed by atoms with van der Waals surface area (Å²) >= 11 is 0. The average Bonchev–Trinajstić information content (AvgIpc) is 2.47. The Morgan fingerprint density at radius 2 is 2.19 bits per heavy atom. The van der Waals surface area contributed by atoms with Gasteiger partial charge in [0.15, 0.2) is 0 Å². The minimum absolute atomic E-state index is 0.0493. The maximum absolute atomic E-state index is 11.3. The Bertz CT molecular complexity index is 319. The summed E-state index contributed by atoms with van der Waals surface area (Å²) in [5.74, 6) is 6.37. The molecule has 0 radical (unpaired) electrons. The van der Waals surface area contributed by atoms with Crippen LogP contribution in [0.1, 0.15) is 20.8 Å². The molecule has 2 N–H and O–H groups in total. The third-order valence-corrected chi connectivity index (χ3v) is 4.82. The van der Waals surface area contributed by atoms with Crippen molar-refractivity contribution < 1.29 is 14.3 Å². The number of carbonyl (C=O) groups excluding carboxylic acids is 1.